The van der Waals surface area contributed by atoms with Crippen LogP contribution in [0, 0.1) is 5.82 Å². The Morgan fingerprint density at radius 2 is 1.94 bits per heavy atom. The number of aryl methyl sites for hydroxylation is 1. The minimum absolute atomic E-state index is 0.0362. The van der Waals surface area contributed by atoms with Crippen molar-refractivity contribution >= 4 is 26.6 Å². The number of nitrogens with one attached hydrogen (secondary N) is 1. The molecule has 1 aromatic heterocycles. The summed E-state index contributed by atoms with van der Waals surface area (Å²) in [6.45, 7) is 1.80. The number of hydrogen-bond acceptors (Lipinski definition) is 7. The van der Waals surface area contributed by atoms with Crippen molar-refractivity contribution in [1.29, 1.82) is 0 Å². The third kappa shape index (κ3) is 5.04. The van der Waals surface area contributed by atoms with Crippen molar-refractivity contribution < 1.29 is 22.8 Å². The molecule has 1 amide bonds. The second-order valence-corrected chi connectivity index (χ2v) is 12.1. The van der Waals surface area contributed by atoms with Gasteiger partial charge in [-0.15, -0.1) is 0 Å². The number of carbonyl (C=O) groups excluding carboxylic acids is 1. The maximum atomic E-state index is 15.1. The Bertz CT molecular complexity index is 1470. The third-order valence-corrected chi connectivity index (χ3v) is 9.04. The van der Waals surface area contributed by atoms with E-state index in [0.717, 1.165) is 35.9 Å². The van der Waals surface area contributed by atoms with Gasteiger partial charge in [0.25, 0.3) is 11.5 Å². The van der Waals surface area contributed by atoms with Gasteiger partial charge in [0, 0.05) is 31.0 Å². The number of amides is 1. The number of benzene rings is 2. The number of hydroxylamine groups is 1. The van der Waals surface area contributed by atoms with Crippen LogP contribution < -0.4 is 11.0 Å². The van der Waals surface area contributed by atoms with Gasteiger partial charge < -0.3 is 0 Å². The zero-order chi connectivity index (χ0) is 26.3. The molecular weight excluding hydrogens is 487 g/mol. The van der Waals surface area contributed by atoms with Crippen LogP contribution in [0.5, 0.6) is 0 Å². The van der Waals surface area contributed by atoms with Crippen molar-refractivity contribution in [3.8, 4) is 11.1 Å². The van der Waals surface area contributed by atoms with Gasteiger partial charge in [0.05, 0.1) is 17.2 Å². The number of carbonyl (C=O) groups is 1. The monoisotopic (exact) mass is 516 g/mol. The van der Waals surface area contributed by atoms with E-state index in [-0.39, 0.29) is 18.4 Å². The number of halogens is 1. The third-order valence-electron chi connectivity index (χ3n) is 7.01. The van der Waals surface area contributed by atoms with Crippen LogP contribution in [0.3, 0.4) is 0 Å². The summed E-state index contributed by atoms with van der Waals surface area (Å²) in [5.41, 5.74) is 3.21. The van der Waals surface area contributed by atoms with Crippen LogP contribution in [0.15, 0.2) is 47.5 Å². The fourth-order valence-electron chi connectivity index (χ4n) is 4.20. The van der Waals surface area contributed by atoms with Gasteiger partial charge in [-0.2, -0.15) is 0 Å². The standard InChI is InChI=1S/C25H29FN4O5S/c1-25(24(32)28-33,36(3,34)35)10-11-30-15-27-22-13-19(21(26)12-20(22)23(30)31)17-6-4-16(5-7-17)14-29(2)18-8-9-18/h4-7,12-13,15,18,33H,8-11,14H2,1-3H3,(H,28,32)/t25-/m1/s1. The molecule has 1 aliphatic rings. The number of hydrogen-bond donors (Lipinski definition) is 2. The molecule has 0 bridgehead atoms. The van der Waals surface area contributed by atoms with E-state index >= 15 is 4.39 Å². The molecule has 0 unspecified atom stereocenters. The molecule has 1 fully saturated rings. The number of sulfone groups is 1. The highest BCUT2D eigenvalue weighted by atomic mass is 32.2. The fourth-order valence-corrected chi connectivity index (χ4v) is 5.05. The van der Waals surface area contributed by atoms with E-state index in [9.17, 15) is 18.0 Å². The number of nitrogens with zero attached hydrogens (tertiary/aromatic N) is 3. The summed E-state index contributed by atoms with van der Waals surface area (Å²) >= 11 is 0. The molecule has 3 aromatic rings. The van der Waals surface area contributed by atoms with Gasteiger partial charge in [-0.05, 0) is 56.5 Å². The summed E-state index contributed by atoms with van der Waals surface area (Å²) in [6.07, 6.45) is 4.26. The highest BCUT2D eigenvalue weighted by Crippen LogP contribution is 2.29. The van der Waals surface area contributed by atoms with Crippen LogP contribution in [0.1, 0.15) is 31.7 Å². The molecule has 36 heavy (non-hydrogen) atoms. The molecular formula is C25H29FN4O5S. The minimum Gasteiger partial charge on any atom is -0.299 e. The largest absolute Gasteiger partial charge is 0.299 e. The molecule has 11 heteroatoms. The zero-order valence-corrected chi connectivity index (χ0v) is 21.2. The normalized spacial score (nSPS) is 15.7. The Labute approximate surface area is 208 Å². The fraction of sp³-hybridized carbons (Fsp3) is 0.400. The lowest BCUT2D eigenvalue weighted by molar-refractivity contribution is -0.131. The predicted octanol–water partition coefficient (Wildman–Crippen LogP) is 2.50. The van der Waals surface area contributed by atoms with E-state index in [2.05, 4.69) is 16.9 Å². The smallest absolute Gasteiger partial charge is 0.264 e. The van der Waals surface area contributed by atoms with Crippen LogP contribution in [0.4, 0.5) is 4.39 Å². The first kappa shape index (κ1) is 25.9. The van der Waals surface area contributed by atoms with Gasteiger partial charge >= 0.3 is 0 Å². The molecule has 1 heterocycles. The molecule has 0 aliphatic heterocycles. The van der Waals surface area contributed by atoms with Crippen molar-refractivity contribution in [2.45, 2.75) is 50.1 Å². The molecule has 0 spiro atoms. The Morgan fingerprint density at radius 3 is 2.53 bits per heavy atom. The lowest BCUT2D eigenvalue weighted by Gasteiger charge is -2.25. The highest BCUT2D eigenvalue weighted by molar-refractivity contribution is 7.92. The Morgan fingerprint density at radius 1 is 1.28 bits per heavy atom. The van der Waals surface area contributed by atoms with Crippen molar-refractivity contribution in [1.82, 2.24) is 19.9 Å². The molecule has 0 saturated heterocycles. The first-order valence-corrected chi connectivity index (χ1v) is 13.5. The summed E-state index contributed by atoms with van der Waals surface area (Å²) < 4.78 is 38.6. The number of fused-ring (bicyclic) bond motifs is 1. The van der Waals surface area contributed by atoms with Crippen LogP contribution in [0.2, 0.25) is 0 Å². The predicted molar refractivity (Wildman–Crippen MR) is 134 cm³/mol. The summed E-state index contributed by atoms with van der Waals surface area (Å²) in [7, 11) is -1.83. The van der Waals surface area contributed by atoms with E-state index in [1.165, 1.54) is 30.7 Å². The van der Waals surface area contributed by atoms with Crippen LogP contribution in [-0.4, -0.2) is 58.1 Å². The van der Waals surface area contributed by atoms with E-state index in [1.54, 1.807) is 0 Å². The van der Waals surface area contributed by atoms with Crippen LogP contribution in [-0.2, 0) is 27.7 Å². The number of aromatic nitrogens is 2. The quantitative estimate of drug-likeness (QED) is 0.331. The van der Waals surface area contributed by atoms with Gasteiger partial charge in [-0.25, -0.2) is 23.3 Å². The van der Waals surface area contributed by atoms with E-state index in [1.807, 2.05) is 24.3 Å². The summed E-state index contributed by atoms with van der Waals surface area (Å²) in [4.78, 5) is 31.6. The zero-order valence-electron chi connectivity index (χ0n) is 20.4. The summed E-state index contributed by atoms with van der Waals surface area (Å²) in [5.74, 6) is -1.68. The second-order valence-electron chi connectivity index (χ2n) is 9.63. The number of rotatable bonds is 9. The average Bonchev–Trinajstić information content (AvgIpc) is 3.68. The molecule has 1 aliphatic carbocycles. The maximum Gasteiger partial charge on any atom is 0.264 e. The van der Waals surface area contributed by atoms with E-state index in [0.29, 0.717) is 22.7 Å². The molecule has 1 atom stereocenters. The SMILES string of the molecule is CN(Cc1ccc(-c2cc3ncn(CC[C@](C)(C(=O)NO)S(C)(=O)=O)c(=O)c3cc2F)cc1)C1CC1. The molecule has 4 rings (SSSR count). The Balaban J connectivity index is 1.59. The molecule has 9 nitrogen and oxygen atoms in total. The second kappa shape index (κ2) is 9.72. The molecule has 1 saturated carbocycles. The maximum absolute atomic E-state index is 15.1. The van der Waals surface area contributed by atoms with Crippen molar-refractivity contribution in [3.05, 3.63) is 64.5 Å². The molecule has 2 aromatic carbocycles. The van der Waals surface area contributed by atoms with Gasteiger partial charge in [-0.3, -0.25) is 24.3 Å². The molecule has 2 N–H and O–H groups in total. The van der Waals surface area contributed by atoms with Crippen molar-refractivity contribution in [2.24, 2.45) is 0 Å². The van der Waals surface area contributed by atoms with Gasteiger partial charge in [0.15, 0.2) is 14.6 Å². The molecule has 0 radical (unpaired) electrons. The Hall–Kier alpha value is -3.15. The lowest BCUT2D eigenvalue weighted by Crippen LogP contribution is -2.50. The minimum atomic E-state index is -3.93. The van der Waals surface area contributed by atoms with Gasteiger partial charge in [0.1, 0.15) is 5.82 Å². The van der Waals surface area contributed by atoms with Crippen LogP contribution >= 0.6 is 0 Å². The van der Waals surface area contributed by atoms with Crippen molar-refractivity contribution in [2.75, 3.05) is 13.3 Å². The first-order valence-electron chi connectivity index (χ1n) is 11.6. The summed E-state index contributed by atoms with van der Waals surface area (Å²) in [5, 5.41) is 9.00. The average molecular weight is 517 g/mol. The van der Waals surface area contributed by atoms with Gasteiger partial charge in [0.2, 0.25) is 0 Å². The molecule has 192 valence electrons. The highest BCUT2D eigenvalue weighted by Gasteiger charge is 2.43. The lowest BCUT2D eigenvalue weighted by atomic mass is 10.0. The van der Waals surface area contributed by atoms with Crippen LogP contribution in [0.25, 0.3) is 22.0 Å². The van der Waals surface area contributed by atoms with E-state index < -0.39 is 31.9 Å². The summed E-state index contributed by atoms with van der Waals surface area (Å²) in [6, 6.07) is 10.9. The van der Waals surface area contributed by atoms with Gasteiger partial charge in [-0.1, -0.05) is 24.3 Å². The van der Waals surface area contributed by atoms with Crippen molar-refractivity contribution in [3.63, 3.8) is 0 Å². The topological polar surface area (TPSA) is 122 Å². The first-order chi connectivity index (χ1) is 16.9. The Kier molecular flexibility index (Phi) is 7.00. The van der Waals surface area contributed by atoms with E-state index in [4.69, 9.17) is 5.21 Å².